The normalized spacial score (nSPS) is 13.7. The van der Waals surface area contributed by atoms with E-state index in [1.54, 1.807) is 16.7 Å². The maximum absolute atomic E-state index is 13.0. The number of aromatic amines is 1. The molecule has 0 aliphatic heterocycles. The van der Waals surface area contributed by atoms with Crippen molar-refractivity contribution in [1.29, 1.82) is 0 Å². The molecule has 33 heavy (non-hydrogen) atoms. The largest absolute Gasteiger partial charge is 0.320 e. The van der Waals surface area contributed by atoms with Gasteiger partial charge in [0.05, 0.1) is 10.9 Å². The third kappa shape index (κ3) is 5.84. The summed E-state index contributed by atoms with van der Waals surface area (Å²) >= 11 is 6.14. The van der Waals surface area contributed by atoms with Gasteiger partial charge in [-0.1, -0.05) is 62.6 Å². The van der Waals surface area contributed by atoms with E-state index in [2.05, 4.69) is 37.3 Å². The number of H-pyrrole nitrogens is 1. The number of nitrogens with zero attached hydrogens (tertiary/aromatic N) is 5. The lowest BCUT2D eigenvalue weighted by Crippen LogP contribution is -2.33. The highest BCUT2D eigenvalue weighted by atomic mass is 35.5. The Morgan fingerprint density at radius 2 is 1.97 bits per heavy atom. The van der Waals surface area contributed by atoms with E-state index in [1.165, 1.54) is 12.1 Å². The summed E-state index contributed by atoms with van der Waals surface area (Å²) in [6.45, 7) is 6.32. The van der Waals surface area contributed by atoms with Crippen molar-refractivity contribution >= 4 is 27.9 Å². The number of aromatic nitrogens is 6. The number of unbranched alkanes of at least 4 members (excludes halogenated alkanes) is 1. The number of imidazole rings is 1. The van der Waals surface area contributed by atoms with Crippen molar-refractivity contribution in [2.45, 2.75) is 63.9 Å². The van der Waals surface area contributed by atoms with E-state index in [-0.39, 0.29) is 16.0 Å². The smallest absolute Gasteiger partial charge is 0.241 e. The predicted molar refractivity (Wildman–Crippen MR) is 123 cm³/mol. The summed E-state index contributed by atoms with van der Waals surface area (Å²) in [5, 5.41) is 14.0. The summed E-state index contributed by atoms with van der Waals surface area (Å²) in [5.41, 5.74) is 1.14. The molecule has 0 bridgehead atoms. The number of carbonyl (C=O) groups is 1. The number of rotatable bonds is 12. The van der Waals surface area contributed by atoms with Crippen LogP contribution in [0.3, 0.4) is 0 Å². The molecule has 0 fully saturated rings. The number of carbonyl (C=O) groups excluding carboxylic acids is 1. The maximum Gasteiger partial charge on any atom is 0.241 e. The molecular weight excluding hydrogens is 466 g/mol. The number of halogens is 1. The Labute approximate surface area is 198 Å². The highest BCUT2D eigenvalue weighted by Crippen LogP contribution is 2.24. The zero-order valence-corrected chi connectivity index (χ0v) is 20.4. The second kappa shape index (κ2) is 11.0. The third-order valence-corrected chi connectivity index (χ3v) is 7.35. The van der Waals surface area contributed by atoms with Crippen LogP contribution in [0.15, 0.2) is 29.2 Å². The van der Waals surface area contributed by atoms with Crippen molar-refractivity contribution in [1.82, 2.24) is 34.9 Å². The molecule has 2 atom stereocenters. The van der Waals surface area contributed by atoms with Gasteiger partial charge in [0.25, 0.3) is 0 Å². The number of sulfonamides is 1. The van der Waals surface area contributed by atoms with Crippen molar-refractivity contribution in [2.75, 3.05) is 0 Å². The van der Waals surface area contributed by atoms with Crippen molar-refractivity contribution in [3.63, 3.8) is 0 Å². The van der Waals surface area contributed by atoms with Gasteiger partial charge >= 0.3 is 0 Å². The minimum atomic E-state index is -3.83. The Bertz CT molecular complexity index is 1160. The van der Waals surface area contributed by atoms with Gasteiger partial charge in [0.2, 0.25) is 10.0 Å². The SMILES string of the molecule is CCCCc1nc(Cl)c(C=O)n1Cc1ccc(S(=O)(=O)N[C@H](c2nn[nH]n2)C(C)CC)cc1. The summed E-state index contributed by atoms with van der Waals surface area (Å²) in [5.74, 6) is 0.993. The number of aryl methyl sites for hydroxylation is 1. The molecule has 12 heteroatoms. The molecule has 3 rings (SSSR count). The molecule has 0 radical (unpaired) electrons. The van der Waals surface area contributed by atoms with E-state index in [0.29, 0.717) is 30.8 Å². The number of benzene rings is 1. The Balaban J connectivity index is 1.82. The van der Waals surface area contributed by atoms with Gasteiger partial charge < -0.3 is 4.57 Å². The standard InChI is InChI=1S/C21H28ClN7O3S/c1-4-6-7-18-23-20(22)17(13-30)29(18)12-15-8-10-16(11-9-15)33(31,32)26-19(14(3)5-2)21-24-27-28-25-21/h8-11,13-14,19,26H,4-7,12H2,1-3H3,(H,24,25,27,28)/t14?,19-/m0/s1. The lowest BCUT2D eigenvalue weighted by atomic mass is 10.00. The molecule has 1 aromatic carbocycles. The average Bonchev–Trinajstić information content (AvgIpc) is 3.44. The molecule has 0 saturated heterocycles. The van der Waals surface area contributed by atoms with Crippen molar-refractivity contribution < 1.29 is 13.2 Å². The number of nitrogens with one attached hydrogen (secondary N) is 2. The first-order valence-corrected chi connectivity index (χ1v) is 12.7. The van der Waals surface area contributed by atoms with Gasteiger partial charge in [-0.3, -0.25) is 4.79 Å². The number of hydrogen-bond acceptors (Lipinski definition) is 7. The zero-order valence-electron chi connectivity index (χ0n) is 18.8. The molecule has 2 aromatic heterocycles. The maximum atomic E-state index is 13.0. The van der Waals surface area contributed by atoms with E-state index in [1.807, 2.05) is 13.8 Å². The number of tetrazole rings is 1. The van der Waals surface area contributed by atoms with Crippen molar-refractivity contribution in [3.05, 3.63) is 52.3 Å². The molecule has 0 aliphatic carbocycles. The van der Waals surface area contributed by atoms with E-state index >= 15 is 0 Å². The quantitative estimate of drug-likeness (QED) is 0.369. The fraction of sp³-hybridized carbons (Fsp3) is 0.476. The molecule has 0 amide bonds. The van der Waals surface area contributed by atoms with E-state index in [0.717, 1.165) is 30.7 Å². The Morgan fingerprint density at radius 3 is 2.55 bits per heavy atom. The van der Waals surface area contributed by atoms with E-state index < -0.39 is 16.1 Å². The van der Waals surface area contributed by atoms with Crippen molar-refractivity contribution in [3.8, 4) is 0 Å². The van der Waals surface area contributed by atoms with Crippen molar-refractivity contribution in [2.24, 2.45) is 5.92 Å². The molecule has 10 nitrogen and oxygen atoms in total. The summed E-state index contributed by atoms with van der Waals surface area (Å²) in [4.78, 5) is 16.0. The number of hydrogen-bond donors (Lipinski definition) is 2. The van der Waals surface area contributed by atoms with Crippen LogP contribution < -0.4 is 4.72 Å². The minimum Gasteiger partial charge on any atom is -0.320 e. The first kappa shape index (κ1) is 25.0. The summed E-state index contributed by atoms with van der Waals surface area (Å²) < 4.78 is 30.5. The Kier molecular flexibility index (Phi) is 8.33. The second-order valence-electron chi connectivity index (χ2n) is 7.91. The summed E-state index contributed by atoms with van der Waals surface area (Å²) in [6.07, 6.45) is 4.04. The minimum absolute atomic E-state index is 0.0362. The van der Waals surface area contributed by atoms with Gasteiger partial charge in [0.1, 0.15) is 11.5 Å². The second-order valence-corrected chi connectivity index (χ2v) is 9.98. The Morgan fingerprint density at radius 1 is 1.24 bits per heavy atom. The van der Waals surface area contributed by atoms with Gasteiger partial charge in [-0.15, -0.1) is 10.2 Å². The number of aldehydes is 1. The fourth-order valence-corrected chi connectivity index (χ4v) is 4.99. The van der Waals surface area contributed by atoms with E-state index in [4.69, 9.17) is 11.6 Å². The highest BCUT2D eigenvalue weighted by Gasteiger charge is 2.28. The van der Waals surface area contributed by atoms with Gasteiger partial charge in [-0.25, -0.2) is 13.4 Å². The van der Waals surface area contributed by atoms with Crippen LogP contribution in [0.2, 0.25) is 5.15 Å². The van der Waals surface area contributed by atoms with Gasteiger partial charge in [-0.05, 0) is 30.0 Å². The van der Waals surface area contributed by atoms with Gasteiger partial charge in [0.15, 0.2) is 17.3 Å². The molecule has 2 N–H and O–H groups in total. The highest BCUT2D eigenvalue weighted by molar-refractivity contribution is 7.89. The summed E-state index contributed by atoms with van der Waals surface area (Å²) in [7, 11) is -3.83. The van der Waals surface area contributed by atoms with Gasteiger partial charge in [-0.2, -0.15) is 9.94 Å². The van der Waals surface area contributed by atoms with Crippen LogP contribution in [0.5, 0.6) is 0 Å². The molecule has 178 valence electrons. The molecule has 0 spiro atoms. The first-order valence-electron chi connectivity index (χ1n) is 10.8. The van der Waals surface area contributed by atoms with Crippen LogP contribution >= 0.6 is 11.6 Å². The predicted octanol–water partition coefficient (Wildman–Crippen LogP) is 3.32. The van der Waals surface area contributed by atoms with Crippen LogP contribution in [0.4, 0.5) is 0 Å². The zero-order chi connectivity index (χ0) is 24.0. The van der Waals surface area contributed by atoms with Gasteiger partial charge in [0, 0.05) is 13.0 Å². The van der Waals surface area contributed by atoms with Crippen LogP contribution in [-0.2, 0) is 23.0 Å². The van der Waals surface area contributed by atoms with E-state index in [9.17, 15) is 13.2 Å². The van der Waals surface area contributed by atoms with Crippen LogP contribution in [-0.4, -0.2) is 44.9 Å². The Hall–Kier alpha value is -2.63. The third-order valence-electron chi connectivity index (χ3n) is 5.62. The topological polar surface area (TPSA) is 136 Å². The molecule has 0 saturated carbocycles. The van der Waals surface area contributed by atoms with Crippen LogP contribution in [0.25, 0.3) is 0 Å². The molecule has 0 aliphatic rings. The molecule has 1 unspecified atom stereocenters. The molecular formula is C21H28ClN7O3S. The fourth-order valence-electron chi connectivity index (χ4n) is 3.45. The summed E-state index contributed by atoms with van der Waals surface area (Å²) in [6, 6.07) is 5.89. The average molecular weight is 494 g/mol. The molecule has 3 aromatic rings. The first-order chi connectivity index (χ1) is 15.8. The van der Waals surface area contributed by atoms with Crippen LogP contribution in [0.1, 0.15) is 73.8 Å². The monoisotopic (exact) mass is 493 g/mol. The lowest BCUT2D eigenvalue weighted by molar-refractivity contribution is 0.111. The van der Waals surface area contributed by atoms with Crippen LogP contribution in [0, 0.1) is 5.92 Å². The lowest BCUT2D eigenvalue weighted by Gasteiger charge is -2.21. The molecule has 2 heterocycles.